The summed E-state index contributed by atoms with van der Waals surface area (Å²) in [5.41, 5.74) is 1.28. The molecular weight excluding hydrogens is 306 g/mol. The van der Waals surface area contributed by atoms with E-state index in [9.17, 15) is 10.1 Å². The lowest BCUT2D eigenvalue weighted by Gasteiger charge is -2.10. The van der Waals surface area contributed by atoms with E-state index in [2.05, 4.69) is 15.9 Å². The van der Waals surface area contributed by atoms with Crippen LogP contribution in [0.5, 0.6) is 0 Å². The molecule has 4 heteroatoms. The van der Waals surface area contributed by atoms with E-state index in [1.165, 1.54) is 0 Å². The minimum atomic E-state index is -0.289. The second kappa shape index (κ2) is 4.63. The number of hydrogen-bond acceptors (Lipinski definition) is 2. The van der Waals surface area contributed by atoms with Crippen molar-refractivity contribution in [3.63, 3.8) is 0 Å². The topological polar surface area (TPSA) is 43.1 Å². The Morgan fingerprint density at radius 1 is 0.895 bits per heavy atom. The van der Waals surface area contributed by atoms with Crippen LogP contribution in [0.25, 0.3) is 21.5 Å². The summed E-state index contributed by atoms with van der Waals surface area (Å²) in [6, 6.07) is 15.0. The van der Waals surface area contributed by atoms with Gasteiger partial charge in [-0.2, -0.15) is 0 Å². The van der Waals surface area contributed by atoms with Crippen molar-refractivity contribution in [3.8, 4) is 0 Å². The summed E-state index contributed by atoms with van der Waals surface area (Å²) in [6.07, 6.45) is 0. The summed E-state index contributed by atoms with van der Waals surface area (Å²) in [7, 11) is 0. The molecule has 3 aromatic carbocycles. The molecule has 0 atom stereocenters. The summed E-state index contributed by atoms with van der Waals surface area (Å²) in [5, 5.41) is 15.4. The van der Waals surface area contributed by atoms with Crippen molar-refractivity contribution in [3.05, 3.63) is 64.2 Å². The maximum atomic E-state index is 11.4. The summed E-state index contributed by atoms with van der Waals surface area (Å²) in [4.78, 5) is 11.1. The Bertz CT molecular complexity index is 742. The fourth-order valence-corrected chi connectivity index (χ4v) is 3.14. The molecule has 3 aromatic rings. The lowest BCUT2D eigenvalue weighted by Crippen LogP contribution is -1.95. The first-order chi connectivity index (χ1) is 9.24. The van der Waals surface area contributed by atoms with Crippen LogP contribution in [0.15, 0.2) is 48.5 Å². The zero-order valence-corrected chi connectivity index (χ0v) is 11.6. The van der Waals surface area contributed by atoms with Crippen molar-refractivity contribution < 1.29 is 4.92 Å². The number of hydrogen-bond donors (Lipinski definition) is 0. The second-order valence-electron chi connectivity index (χ2n) is 4.31. The van der Waals surface area contributed by atoms with Crippen LogP contribution in [0, 0.1) is 10.1 Å². The van der Waals surface area contributed by atoms with E-state index in [1.54, 1.807) is 0 Å². The molecule has 3 rings (SSSR count). The molecular formula is C15H10BrNO2. The molecule has 0 aromatic heterocycles. The van der Waals surface area contributed by atoms with Gasteiger partial charge in [-0.05, 0) is 28.5 Å². The van der Waals surface area contributed by atoms with Gasteiger partial charge in [0.1, 0.15) is 0 Å². The molecule has 0 N–H and O–H groups in total. The second-order valence-corrected chi connectivity index (χ2v) is 4.87. The Morgan fingerprint density at radius 2 is 1.32 bits per heavy atom. The largest absolute Gasteiger partial charge is 0.284 e. The quantitative estimate of drug-likeness (QED) is 0.295. The van der Waals surface area contributed by atoms with Gasteiger partial charge in [0.2, 0.25) is 0 Å². The Kier molecular flexibility index (Phi) is 2.95. The van der Waals surface area contributed by atoms with Crippen LogP contribution in [0.2, 0.25) is 0 Å². The first kappa shape index (κ1) is 12.1. The lowest BCUT2D eigenvalue weighted by molar-refractivity contribution is -0.381. The lowest BCUT2D eigenvalue weighted by atomic mass is 9.96. The van der Waals surface area contributed by atoms with Gasteiger partial charge in [0.05, 0.1) is 15.7 Å². The summed E-state index contributed by atoms with van der Waals surface area (Å²) < 4.78 is 0. The number of nitro benzene ring substituents is 1. The van der Waals surface area contributed by atoms with Crippen LogP contribution >= 0.6 is 15.9 Å². The SMILES string of the molecule is O=[N+]([O-])c1c2ccccc2c(CBr)c2ccccc12. The fourth-order valence-electron chi connectivity index (χ4n) is 2.54. The normalized spacial score (nSPS) is 11.0. The molecule has 0 spiro atoms. The smallest absolute Gasteiger partial charge is 0.258 e. The number of benzene rings is 3. The van der Waals surface area contributed by atoms with E-state index in [0.717, 1.165) is 16.3 Å². The average molecular weight is 316 g/mol. The molecule has 19 heavy (non-hydrogen) atoms. The molecule has 3 nitrogen and oxygen atoms in total. The Labute approximate surface area is 118 Å². The Balaban J connectivity index is 2.65. The minimum Gasteiger partial charge on any atom is -0.258 e. The molecule has 0 saturated heterocycles. The highest BCUT2D eigenvalue weighted by Crippen LogP contribution is 2.38. The highest BCUT2D eigenvalue weighted by molar-refractivity contribution is 9.08. The van der Waals surface area contributed by atoms with E-state index < -0.39 is 0 Å². The molecule has 0 aliphatic heterocycles. The van der Waals surface area contributed by atoms with Crippen molar-refractivity contribution in [2.24, 2.45) is 0 Å². The number of nitro groups is 1. The van der Waals surface area contributed by atoms with Gasteiger partial charge in [-0.3, -0.25) is 10.1 Å². The number of nitrogens with zero attached hydrogens (tertiary/aromatic N) is 1. The molecule has 0 amide bonds. The zero-order chi connectivity index (χ0) is 13.4. The molecule has 0 saturated carbocycles. The van der Waals surface area contributed by atoms with Gasteiger partial charge in [0.25, 0.3) is 5.69 Å². The van der Waals surface area contributed by atoms with Crippen molar-refractivity contribution in [1.29, 1.82) is 0 Å². The monoisotopic (exact) mass is 315 g/mol. The van der Waals surface area contributed by atoms with E-state index in [4.69, 9.17) is 0 Å². The van der Waals surface area contributed by atoms with E-state index in [1.807, 2.05) is 48.5 Å². The third kappa shape index (κ3) is 1.79. The number of alkyl halides is 1. The van der Waals surface area contributed by atoms with Gasteiger partial charge in [0.15, 0.2) is 0 Å². The van der Waals surface area contributed by atoms with Crippen molar-refractivity contribution >= 4 is 43.2 Å². The van der Waals surface area contributed by atoms with Gasteiger partial charge in [-0.1, -0.05) is 52.3 Å². The van der Waals surface area contributed by atoms with Crippen LogP contribution in [0.1, 0.15) is 5.56 Å². The fraction of sp³-hybridized carbons (Fsp3) is 0.0667. The maximum Gasteiger partial charge on any atom is 0.284 e. The average Bonchev–Trinajstić information content (AvgIpc) is 2.44. The van der Waals surface area contributed by atoms with E-state index in [-0.39, 0.29) is 10.6 Å². The molecule has 0 bridgehead atoms. The van der Waals surface area contributed by atoms with Crippen molar-refractivity contribution in [2.45, 2.75) is 5.33 Å². The Hall–Kier alpha value is -1.94. The summed E-state index contributed by atoms with van der Waals surface area (Å²) in [5.74, 6) is 0. The predicted octanol–water partition coefficient (Wildman–Crippen LogP) is 4.80. The minimum absolute atomic E-state index is 0.191. The molecule has 0 unspecified atom stereocenters. The first-order valence-electron chi connectivity index (χ1n) is 5.86. The summed E-state index contributed by atoms with van der Waals surface area (Å²) >= 11 is 3.49. The van der Waals surface area contributed by atoms with Gasteiger partial charge in [-0.25, -0.2) is 0 Å². The molecule has 0 fully saturated rings. The zero-order valence-electron chi connectivity index (χ0n) is 9.97. The van der Waals surface area contributed by atoms with Gasteiger partial charge in [-0.15, -0.1) is 0 Å². The third-order valence-corrected chi connectivity index (χ3v) is 3.89. The molecule has 0 aliphatic rings. The molecule has 0 radical (unpaired) electrons. The third-order valence-electron chi connectivity index (χ3n) is 3.33. The number of halogens is 1. The van der Waals surface area contributed by atoms with Crippen LogP contribution in [0.3, 0.4) is 0 Å². The van der Waals surface area contributed by atoms with Gasteiger partial charge < -0.3 is 0 Å². The van der Waals surface area contributed by atoms with E-state index in [0.29, 0.717) is 16.1 Å². The first-order valence-corrected chi connectivity index (χ1v) is 6.99. The van der Waals surface area contributed by atoms with Gasteiger partial charge in [0, 0.05) is 5.33 Å². The molecule has 0 aliphatic carbocycles. The van der Waals surface area contributed by atoms with Crippen LogP contribution in [-0.2, 0) is 5.33 Å². The maximum absolute atomic E-state index is 11.4. The van der Waals surface area contributed by atoms with Crippen molar-refractivity contribution in [1.82, 2.24) is 0 Å². The van der Waals surface area contributed by atoms with Gasteiger partial charge >= 0.3 is 0 Å². The van der Waals surface area contributed by atoms with Crippen LogP contribution in [0.4, 0.5) is 5.69 Å². The number of non-ortho nitro benzene ring substituents is 1. The Morgan fingerprint density at radius 3 is 1.68 bits per heavy atom. The van der Waals surface area contributed by atoms with E-state index >= 15 is 0 Å². The number of rotatable bonds is 2. The predicted molar refractivity (Wildman–Crippen MR) is 80.7 cm³/mol. The highest BCUT2D eigenvalue weighted by Gasteiger charge is 2.20. The number of fused-ring (bicyclic) bond motifs is 2. The molecule has 94 valence electrons. The van der Waals surface area contributed by atoms with Crippen molar-refractivity contribution in [2.75, 3.05) is 0 Å². The van der Waals surface area contributed by atoms with Crippen LogP contribution < -0.4 is 0 Å². The highest BCUT2D eigenvalue weighted by atomic mass is 79.9. The standard InChI is InChI=1S/C15H10BrNO2/c16-9-14-10-5-1-3-7-12(10)15(17(18)19)13-8-4-2-6-11(13)14/h1-8H,9H2. The van der Waals surface area contributed by atoms with Crippen LogP contribution in [-0.4, -0.2) is 4.92 Å². The molecule has 0 heterocycles. The summed E-state index contributed by atoms with van der Waals surface area (Å²) in [6.45, 7) is 0.